The summed E-state index contributed by atoms with van der Waals surface area (Å²) >= 11 is 0. The van der Waals surface area contributed by atoms with Crippen LogP contribution in [0.5, 0.6) is 0 Å². The van der Waals surface area contributed by atoms with Gasteiger partial charge in [-0.25, -0.2) is 4.79 Å². The molecule has 0 aromatic heterocycles. The van der Waals surface area contributed by atoms with E-state index in [0.29, 0.717) is 0 Å². The second-order valence-corrected chi connectivity index (χ2v) is 3.53. The van der Waals surface area contributed by atoms with Crippen molar-refractivity contribution in [3.05, 3.63) is 29.8 Å². The zero-order valence-corrected chi connectivity index (χ0v) is 8.36. The number of benzene rings is 1. The molecule has 0 spiro atoms. The first kappa shape index (κ1) is 9.06. The van der Waals surface area contributed by atoms with Gasteiger partial charge in [-0.2, -0.15) is 0 Å². The third kappa shape index (κ3) is 1.58. The molecule has 3 heteroatoms. The third-order valence-electron chi connectivity index (χ3n) is 2.45. The lowest BCUT2D eigenvalue weighted by atomic mass is 10.2. The van der Waals surface area contributed by atoms with Crippen molar-refractivity contribution in [2.45, 2.75) is 13.0 Å². The number of rotatable bonds is 2. The summed E-state index contributed by atoms with van der Waals surface area (Å²) in [5, 5.41) is 0. The van der Waals surface area contributed by atoms with Gasteiger partial charge in [0.25, 0.3) is 0 Å². The van der Waals surface area contributed by atoms with Crippen LogP contribution in [0.25, 0.3) is 0 Å². The van der Waals surface area contributed by atoms with Crippen LogP contribution in [-0.4, -0.2) is 25.7 Å². The standard InChI is InChI=1S/C11H13NO2/c1-8-3-5-9(6-4-8)12-7-10(12)11(13)14-2/h3-6,10H,7H2,1-2H3. The van der Waals surface area contributed by atoms with Gasteiger partial charge in [0.1, 0.15) is 6.04 Å². The van der Waals surface area contributed by atoms with Gasteiger partial charge in [-0.05, 0) is 19.1 Å². The molecule has 74 valence electrons. The van der Waals surface area contributed by atoms with Crippen LogP contribution < -0.4 is 4.90 Å². The highest BCUT2D eigenvalue weighted by Crippen LogP contribution is 2.28. The summed E-state index contributed by atoms with van der Waals surface area (Å²) in [6.45, 7) is 2.82. The van der Waals surface area contributed by atoms with Crippen LogP contribution in [0.1, 0.15) is 5.56 Å². The Morgan fingerprint density at radius 1 is 1.43 bits per heavy atom. The molecule has 1 unspecified atom stereocenters. The molecule has 1 fully saturated rings. The maximum absolute atomic E-state index is 11.2. The molecule has 1 heterocycles. The highest BCUT2D eigenvalue weighted by atomic mass is 16.5. The minimum atomic E-state index is -0.148. The van der Waals surface area contributed by atoms with Gasteiger partial charge < -0.3 is 9.64 Å². The quantitative estimate of drug-likeness (QED) is 0.522. The van der Waals surface area contributed by atoms with Gasteiger partial charge in [0.05, 0.1) is 13.7 Å². The molecular weight excluding hydrogens is 178 g/mol. The lowest BCUT2D eigenvalue weighted by Crippen LogP contribution is -2.13. The lowest BCUT2D eigenvalue weighted by Gasteiger charge is -2.04. The van der Waals surface area contributed by atoms with E-state index >= 15 is 0 Å². The summed E-state index contributed by atoms with van der Waals surface area (Å²) < 4.78 is 4.67. The van der Waals surface area contributed by atoms with Gasteiger partial charge in [-0.3, -0.25) is 0 Å². The van der Waals surface area contributed by atoms with Gasteiger partial charge >= 0.3 is 5.97 Å². The van der Waals surface area contributed by atoms with E-state index in [-0.39, 0.29) is 12.0 Å². The average molecular weight is 191 g/mol. The number of hydrogen-bond donors (Lipinski definition) is 0. The molecule has 0 bridgehead atoms. The number of hydrogen-bond acceptors (Lipinski definition) is 3. The molecule has 1 aromatic rings. The number of carbonyl (C=O) groups excluding carboxylic acids is 1. The van der Waals surface area contributed by atoms with Crippen molar-refractivity contribution in [3.8, 4) is 0 Å². The lowest BCUT2D eigenvalue weighted by molar-refractivity contribution is -0.139. The molecule has 1 aliphatic rings. The molecule has 1 aliphatic heterocycles. The molecule has 0 saturated carbocycles. The Morgan fingerprint density at radius 3 is 2.64 bits per heavy atom. The van der Waals surface area contributed by atoms with E-state index in [2.05, 4.69) is 4.74 Å². The Kier molecular flexibility index (Phi) is 2.15. The van der Waals surface area contributed by atoms with E-state index in [1.807, 2.05) is 36.1 Å². The van der Waals surface area contributed by atoms with Gasteiger partial charge in [0.2, 0.25) is 0 Å². The molecule has 14 heavy (non-hydrogen) atoms. The normalized spacial score (nSPS) is 19.3. The highest BCUT2D eigenvalue weighted by molar-refractivity contribution is 5.86. The monoisotopic (exact) mass is 191 g/mol. The topological polar surface area (TPSA) is 29.3 Å². The Balaban J connectivity index is 2.06. The SMILES string of the molecule is COC(=O)C1CN1c1ccc(C)cc1. The summed E-state index contributed by atoms with van der Waals surface area (Å²) in [5.74, 6) is -0.148. The van der Waals surface area contributed by atoms with Crippen molar-refractivity contribution in [2.24, 2.45) is 0 Å². The van der Waals surface area contributed by atoms with Gasteiger partial charge in [0.15, 0.2) is 0 Å². The molecule has 1 atom stereocenters. The average Bonchev–Trinajstić information content (AvgIpc) is 2.98. The first-order valence-corrected chi connectivity index (χ1v) is 4.63. The Hall–Kier alpha value is -1.51. The number of esters is 1. The highest BCUT2D eigenvalue weighted by Gasteiger charge is 2.41. The second kappa shape index (κ2) is 3.33. The van der Waals surface area contributed by atoms with Gasteiger partial charge in [-0.1, -0.05) is 17.7 Å². The summed E-state index contributed by atoms with van der Waals surface area (Å²) in [5.41, 5.74) is 2.32. The molecule has 0 radical (unpaired) electrons. The van der Waals surface area contributed by atoms with Crippen molar-refractivity contribution in [1.82, 2.24) is 0 Å². The van der Waals surface area contributed by atoms with Crippen LogP contribution in [0.3, 0.4) is 0 Å². The van der Waals surface area contributed by atoms with E-state index in [0.717, 1.165) is 12.2 Å². The van der Waals surface area contributed by atoms with E-state index in [4.69, 9.17) is 0 Å². The predicted molar refractivity (Wildman–Crippen MR) is 54.3 cm³/mol. The minimum absolute atomic E-state index is 0.0669. The molecular formula is C11H13NO2. The number of methoxy groups -OCH3 is 1. The number of nitrogens with zero attached hydrogens (tertiary/aromatic N) is 1. The van der Waals surface area contributed by atoms with Crippen molar-refractivity contribution < 1.29 is 9.53 Å². The first-order chi connectivity index (χ1) is 6.72. The van der Waals surface area contributed by atoms with Crippen LogP contribution >= 0.6 is 0 Å². The van der Waals surface area contributed by atoms with Crippen molar-refractivity contribution in [3.63, 3.8) is 0 Å². The molecule has 2 rings (SSSR count). The fourth-order valence-corrected chi connectivity index (χ4v) is 1.50. The Labute approximate surface area is 83.3 Å². The number of anilines is 1. The fraction of sp³-hybridized carbons (Fsp3) is 0.364. The van der Waals surface area contributed by atoms with E-state index in [1.165, 1.54) is 12.7 Å². The fourth-order valence-electron chi connectivity index (χ4n) is 1.50. The van der Waals surface area contributed by atoms with E-state index in [1.54, 1.807) is 0 Å². The molecule has 1 aromatic carbocycles. The number of aryl methyl sites for hydroxylation is 1. The molecule has 3 nitrogen and oxygen atoms in total. The molecule has 0 N–H and O–H groups in total. The number of ether oxygens (including phenoxy) is 1. The maximum Gasteiger partial charge on any atom is 0.330 e. The van der Waals surface area contributed by atoms with Crippen LogP contribution in [0, 0.1) is 6.92 Å². The van der Waals surface area contributed by atoms with E-state index in [9.17, 15) is 4.79 Å². The largest absolute Gasteiger partial charge is 0.467 e. The maximum atomic E-state index is 11.2. The summed E-state index contributed by atoms with van der Waals surface area (Å²) in [6, 6.07) is 8.07. The Bertz CT molecular complexity index is 345. The van der Waals surface area contributed by atoms with Crippen LogP contribution in [0.2, 0.25) is 0 Å². The minimum Gasteiger partial charge on any atom is -0.467 e. The Morgan fingerprint density at radius 2 is 2.07 bits per heavy atom. The van der Waals surface area contributed by atoms with Crippen LogP contribution in [-0.2, 0) is 9.53 Å². The van der Waals surface area contributed by atoms with Crippen molar-refractivity contribution in [2.75, 3.05) is 18.6 Å². The molecule has 0 aliphatic carbocycles. The zero-order valence-electron chi connectivity index (χ0n) is 8.36. The molecule has 1 saturated heterocycles. The third-order valence-corrected chi connectivity index (χ3v) is 2.45. The second-order valence-electron chi connectivity index (χ2n) is 3.53. The smallest absolute Gasteiger partial charge is 0.330 e. The van der Waals surface area contributed by atoms with Crippen molar-refractivity contribution >= 4 is 11.7 Å². The van der Waals surface area contributed by atoms with Crippen molar-refractivity contribution in [1.29, 1.82) is 0 Å². The first-order valence-electron chi connectivity index (χ1n) is 4.63. The number of carbonyl (C=O) groups is 1. The summed E-state index contributed by atoms with van der Waals surface area (Å²) in [7, 11) is 1.42. The van der Waals surface area contributed by atoms with Crippen LogP contribution in [0.15, 0.2) is 24.3 Å². The zero-order chi connectivity index (χ0) is 10.1. The molecule has 0 amide bonds. The van der Waals surface area contributed by atoms with E-state index < -0.39 is 0 Å². The predicted octanol–water partition coefficient (Wildman–Crippen LogP) is 1.36. The van der Waals surface area contributed by atoms with Gasteiger partial charge in [-0.15, -0.1) is 0 Å². The van der Waals surface area contributed by atoms with Gasteiger partial charge in [0, 0.05) is 5.69 Å². The summed E-state index contributed by atoms with van der Waals surface area (Å²) in [4.78, 5) is 13.2. The summed E-state index contributed by atoms with van der Waals surface area (Å²) in [6.07, 6.45) is 0. The van der Waals surface area contributed by atoms with Crippen LogP contribution in [0.4, 0.5) is 5.69 Å².